The summed E-state index contributed by atoms with van der Waals surface area (Å²) in [5.41, 5.74) is 1.77. The van der Waals surface area contributed by atoms with Crippen LogP contribution >= 0.6 is 11.8 Å². The summed E-state index contributed by atoms with van der Waals surface area (Å²) < 4.78 is 5.28. The molecule has 23 heavy (non-hydrogen) atoms. The summed E-state index contributed by atoms with van der Waals surface area (Å²) in [5.74, 6) is 1.43. The number of amides is 1. The topological polar surface area (TPSA) is 45.3 Å². The molecule has 5 heteroatoms. The molecule has 0 bridgehead atoms. The molecule has 0 saturated heterocycles. The van der Waals surface area contributed by atoms with Crippen LogP contribution in [-0.4, -0.2) is 35.8 Å². The minimum Gasteiger partial charge on any atom is -0.497 e. The highest BCUT2D eigenvalue weighted by Gasteiger charge is 2.12. The van der Waals surface area contributed by atoms with Crippen LogP contribution in [0.3, 0.4) is 0 Å². The van der Waals surface area contributed by atoms with E-state index in [0.29, 0.717) is 11.4 Å². The van der Waals surface area contributed by atoms with Gasteiger partial charge in [0.1, 0.15) is 5.75 Å². The monoisotopic (exact) mass is 326 g/mol. The molecule has 1 aromatic heterocycles. The first-order chi connectivity index (χ1) is 11.2. The van der Waals surface area contributed by atoms with Gasteiger partial charge in [0.15, 0.2) is 0 Å². The van der Waals surface area contributed by atoms with E-state index in [2.05, 4.69) is 4.98 Å². The van der Waals surface area contributed by atoms with Crippen molar-refractivity contribution in [1.29, 1.82) is 0 Å². The molecule has 0 radical (unpaired) electrons. The van der Waals surface area contributed by atoms with Gasteiger partial charge in [0, 0.05) is 34.6 Å². The van der Waals surface area contributed by atoms with Gasteiger partial charge in [-0.2, -0.15) is 0 Å². The maximum atomic E-state index is 12.4. The number of ether oxygens (including phenoxy) is 1. The molecule has 1 heterocycles. The zero-order valence-electron chi connectivity index (χ0n) is 13.1. The Bertz CT molecular complexity index is 814. The maximum Gasteiger partial charge on any atom is 0.254 e. The number of thioether (sulfide) groups is 1. The molecule has 118 valence electrons. The lowest BCUT2D eigenvalue weighted by molar-refractivity contribution is 0.0820. The standard InChI is InChI=1S/C18H18N2O2S/c1-20(18(21)13-6-4-3-5-7-13)12-23-17-11-19-16-9-8-14(22-2)10-15(16)17/h3-11,19H,12H2,1-2H3. The smallest absolute Gasteiger partial charge is 0.254 e. The predicted octanol–water partition coefficient (Wildman–Crippen LogP) is 4.00. The van der Waals surface area contributed by atoms with Crippen molar-refractivity contribution in [3.63, 3.8) is 0 Å². The van der Waals surface area contributed by atoms with E-state index in [1.54, 1.807) is 23.8 Å². The van der Waals surface area contributed by atoms with Gasteiger partial charge >= 0.3 is 0 Å². The number of benzene rings is 2. The summed E-state index contributed by atoms with van der Waals surface area (Å²) in [7, 11) is 3.48. The number of fused-ring (bicyclic) bond motifs is 1. The van der Waals surface area contributed by atoms with Crippen LogP contribution in [0.25, 0.3) is 10.9 Å². The Morgan fingerprint density at radius 1 is 1.22 bits per heavy atom. The Kier molecular flexibility index (Phi) is 4.57. The van der Waals surface area contributed by atoms with Crippen LogP contribution in [0, 0.1) is 0 Å². The van der Waals surface area contributed by atoms with Crippen LogP contribution in [0.4, 0.5) is 0 Å². The van der Waals surface area contributed by atoms with Crippen molar-refractivity contribution in [2.75, 3.05) is 20.0 Å². The summed E-state index contributed by atoms with van der Waals surface area (Å²) in [6, 6.07) is 15.3. The number of methoxy groups -OCH3 is 1. The van der Waals surface area contributed by atoms with E-state index in [0.717, 1.165) is 21.5 Å². The van der Waals surface area contributed by atoms with E-state index < -0.39 is 0 Å². The first kappa shape index (κ1) is 15.5. The zero-order chi connectivity index (χ0) is 16.2. The number of hydrogen-bond donors (Lipinski definition) is 1. The second kappa shape index (κ2) is 6.79. The highest BCUT2D eigenvalue weighted by Crippen LogP contribution is 2.31. The van der Waals surface area contributed by atoms with E-state index in [1.807, 2.05) is 61.8 Å². The van der Waals surface area contributed by atoms with Gasteiger partial charge in [-0.3, -0.25) is 4.79 Å². The fourth-order valence-electron chi connectivity index (χ4n) is 2.35. The molecular formula is C18H18N2O2S. The largest absolute Gasteiger partial charge is 0.497 e. The second-order valence-corrected chi connectivity index (χ2v) is 6.19. The number of H-pyrrole nitrogens is 1. The van der Waals surface area contributed by atoms with Crippen molar-refractivity contribution in [2.45, 2.75) is 4.90 Å². The number of aromatic amines is 1. The first-order valence-corrected chi connectivity index (χ1v) is 8.26. The molecule has 0 atom stereocenters. The van der Waals surface area contributed by atoms with Gasteiger partial charge in [0.25, 0.3) is 5.91 Å². The number of hydrogen-bond acceptors (Lipinski definition) is 3. The van der Waals surface area contributed by atoms with Gasteiger partial charge in [0.05, 0.1) is 13.0 Å². The fraction of sp³-hybridized carbons (Fsp3) is 0.167. The lowest BCUT2D eigenvalue weighted by atomic mass is 10.2. The van der Waals surface area contributed by atoms with Gasteiger partial charge in [-0.1, -0.05) is 18.2 Å². The van der Waals surface area contributed by atoms with E-state index in [9.17, 15) is 4.79 Å². The molecule has 0 aliphatic rings. The molecule has 1 amide bonds. The predicted molar refractivity (Wildman–Crippen MR) is 94.1 cm³/mol. The molecule has 2 aromatic carbocycles. The van der Waals surface area contributed by atoms with Crippen LogP contribution in [0.15, 0.2) is 59.6 Å². The third-order valence-corrected chi connectivity index (χ3v) is 4.80. The highest BCUT2D eigenvalue weighted by molar-refractivity contribution is 7.99. The highest BCUT2D eigenvalue weighted by atomic mass is 32.2. The van der Waals surface area contributed by atoms with Gasteiger partial charge in [-0.25, -0.2) is 0 Å². The zero-order valence-corrected chi connectivity index (χ0v) is 13.9. The SMILES string of the molecule is COc1ccc2[nH]cc(SCN(C)C(=O)c3ccccc3)c2c1. The Balaban J connectivity index is 1.72. The van der Waals surface area contributed by atoms with E-state index in [-0.39, 0.29) is 5.91 Å². The molecule has 0 aliphatic heterocycles. The number of nitrogens with zero attached hydrogens (tertiary/aromatic N) is 1. The average Bonchev–Trinajstić information content (AvgIpc) is 3.01. The van der Waals surface area contributed by atoms with Crippen LogP contribution < -0.4 is 4.74 Å². The minimum atomic E-state index is 0.0236. The number of carbonyl (C=O) groups is 1. The number of aromatic nitrogens is 1. The first-order valence-electron chi connectivity index (χ1n) is 7.27. The quantitative estimate of drug-likeness (QED) is 0.569. The van der Waals surface area contributed by atoms with Crippen molar-refractivity contribution in [3.8, 4) is 5.75 Å². The van der Waals surface area contributed by atoms with Gasteiger partial charge in [-0.05, 0) is 30.3 Å². The van der Waals surface area contributed by atoms with Crippen LogP contribution in [0.5, 0.6) is 5.75 Å². The molecule has 3 rings (SSSR count). The lowest BCUT2D eigenvalue weighted by Crippen LogP contribution is -2.26. The van der Waals surface area contributed by atoms with Crippen molar-refractivity contribution in [3.05, 3.63) is 60.3 Å². The van der Waals surface area contributed by atoms with Gasteiger partial charge < -0.3 is 14.6 Å². The second-order valence-electron chi connectivity index (χ2n) is 5.21. The average molecular weight is 326 g/mol. The molecule has 0 aliphatic carbocycles. The number of carbonyl (C=O) groups excluding carboxylic acids is 1. The summed E-state index contributed by atoms with van der Waals surface area (Å²) in [5, 5.41) is 1.11. The van der Waals surface area contributed by atoms with E-state index in [1.165, 1.54) is 0 Å². The fourth-order valence-corrected chi connectivity index (χ4v) is 3.26. The van der Waals surface area contributed by atoms with Crippen molar-refractivity contribution >= 4 is 28.6 Å². The molecular weight excluding hydrogens is 308 g/mol. The minimum absolute atomic E-state index is 0.0236. The third kappa shape index (κ3) is 3.35. The Hall–Kier alpha value is -2.40. The normalized spacial score (nSPS) is 10.7. The Morgan fingerprint density at radius 2 is 2.00 bits per heavy atom. The van der Waals surface area contributed by atoms with Crippen LogP contribution in [0.2, 0.25) is 0 Å². The van der Waals surface area contributed by atoms with Crippen molar-refractivity contribution < 1.29 is 9.53 Å². The molecule has 3 aromatic rings. The van der Waals surface area contributed by atoms with Crippen LogP contribution in [-0.2, 0) is 0 Å². The molecule has 0 unspecified atom stereocenters. The summed E-state index contributed by atoms with van der Waals surface area (Å²) >= 11 is 1.63. The number of rotatable bonds is 5. The Morgan fingerprint density at radius 3 is 2.74 bits per heavy atom. The van der Waals surface area contributed by atoms with Crippen molar-refractivity contribution in [2.24, 2.45) is 0 Å². The molecule has 1 N–H and O–H groups in total. The number of nitrogens with one attached hydrogen (secondary N) is 1. The van der Waals surface area contributed by atoms with Gasteiger partial charge in [0.2, 0.25) is 0 Å². The van der Waals surface area contributed by atoms with E-state index >= 15 is 0 Å². The third-order valence-electron chi connectivity index (χ3n) is 3.63. The molecule has 0 fully saturated rings. The molecule has 4 nitrogen and oxygen atoms in total. The summed E-state index contributed by atoms with van der Waals surface area (Å²) in [4.78, 5) is 18.4. The molecule has 0 spiro atoms. The molecule has 0 saturated carbocycles. The lowest BCUT2D eigenvalue weighted by Gasteiger charge is -2.16. The maximum absolute atomic E-state index is 12.4. The van der Waals surface area contributed by atoms with Crippen molar-refractivity contribution in [1.82, 2.24) is 9.88 Å². The summed E-state index contributed by atoms with van der Waals surface area (Å²) in [6.45, 7) is 0. The van der Waals surface area contributed by atoms with E-state index in [4.69, 9.17) is 4.74 Å². The summed E-state index contributed by atoms with van der Waals surface area (Å²) in [6.07, 6.45) is 1.97. The Labute approximate surface area is 139 Å². The van der Waals surface area contributed by atoms with Crippen LogP contribution in [0.1, 0.15) is 10.4 Å². The van der Waals surface area contributed by atoms with Gasteiger partial charge in [-0.15, -0.1) is 11.8 Å².